The molecule has 0 aromatic heterocycles. The summed E-state index contributed by atoms with van der Waals surface area (Å²) in [6, 6.07) is 0. The van der Waals surface area contributed by atoms with E-state index in [0.29, 0.717) is 0 Å². The van der Waals surface area contributed by atoms with Crippen molar-refractivity contribution >= 4 is 0 Å². The predicted molar refractivity (Wildman–Crippen MR) is 41.5 cm³/mol. The number of aliphatic hydroxyl groups excluding tert-OH is 1. The lowest BCUT2D eigenvalue weighted by Crippen LogP contribution is -2.53. The van der Waals surface area contributed by atoms with Crippen LogP contribution in [0, 0.1) is 0 Å². The second-order valence-electron chi connectivity index (χ2n) is 3.62. The Balaban J connectivity index is 2.48. The van der Waals surface area contributed by atoms with E-state index in [2.05, 4.69) is 7.05 Å². The molecule has 1 aliphatic heterocycles. The largest absolute Gasteiger partial charge is 0.345 e. The van der Waals surface area contributed by atoms with Gasteiger partial charge in [-0.1, -0.05) is 0 Å². The molecule has 0 amide bonds. The summed E-state index contributed by atoms with van der Waals surface area (Å²) in [5.74, 6) is 0. The Morgan fingerprint density at radius 3 is 2.00 bits per heavy atom. The first kappa shape index (κ1) is 8.02. The fourth-order valence-electron chi connectivity index (χ4n) is 1.61. The van der Waals surface area contributed by atoms with E-state index in [1.54, 1.807) is 0 Å². The van der Waals surface area contributed by atoms with E-state index < -0.39 is 0 Å². The molecule has 1 N–H and O–H groups in total. The lowest BCUT2D eigenvalue weighted by Gasteiger charge is -2.39. The first-order valence-electron chi connectivity index (χ1n) is 4.17. The van der Waals surface area contributed by atoms with E-state index in [1.807, 2.05) is 6.92 Å². The normalized spacial score (nSPS) is 27.9. The third-order valence-electron chi connectivity index (χ3n) is 2.74. The number of rotatable bonds is 1. The van der Waals surface area contributed by atoms with Gasteiger partial charge in [0.15, 0.2) is 6.23 Å². The molecule has 0 saturated carbocycles. The number of likely N-dealkylation sites (tertiary alicyclic amines) is 1. The predicted octanol–water partition coefficient (Wildman–Crippen LogP) is 0.955. The molecule has 1 saturated heterocycles. The summed E-state index contributed by atoms with van der Waals surface area (Å²) in [5.41, 5.74) is 0. The molecule has 1 unspecified atom stereocenters. The Morgan fingerprint density at radius 1 is 1.20 bits per heavy atom. The number of piperidine rings is 1. The highest BCUT2D eigenvalue weighted by Gasteiger charge is 2.28. The van der Waals surface area contributed by atoms with E-state index >= 15 is 0 Å². The fourth-order valence-corrected chi connectivity index (χ4v) is 1.61. The minimum Gasteiger partial charge on any atom is -0.345 e. The summed E-state index contributed by atoms with van der Waals surface area (Å²) in [7, 11) is 2.14. The molecule has 1 fully saturated rings. The highest BCUT2D eigenvalue weighted by atomic mass is 16.3. The zero-order chi connectivity index (χ0) is 7.61. The Hall–Kier alpha value is -0.0800. The summed E-state index contributed by atoms with van der Waals surface area (Å²) in [4.78, 5) is 0. The molecule has 0 aromatic carbocycles. The van der Waals surface area contributed by atoms with Gasteiger partial charge in [-0.15, -0.1) is 0 Å². The summed E-state index contributed by atoms with van der Waals surface area (Å²) in [6.07, 6.45) is 3.73. The van der Waals surface area contributed by atoms with Gasteiger partial charge < -0.3 is 9.59 Å². The maximum Gasteiger partial charge on any atom is 0.187 e. The molecule has 0 aliphatic carbocycles. The first-order chi connectivity index (χ1) is 4.65. The van der Waals surface area contributed by atoms with Crippen LogP contribution in [-0.4, -0.2) is 36.0 Å². The van der Waals surface area contributed by atoms with Gasteiger partial charge in [-0.3, -0.25) is 0 Å². The molecule has 0 aromatic rings. The van der Waals surface area contributed by atoms with Gasteiger partial charge in [0.25, 0.3) is 0 Å². The lowest BCUT2D eigenvalue weighted by molar-refractivity contribution is -0.956. The van der Waals surface area contributed by atoms with Crippen LogP contribution in [0.5, 0.6) is 0 Å². The van der Waals surface area contributed by atoms with Crippen LogP contribution in [0.25, 0.3) is 0 Å². The Morgan fingerprint density at radius 2 is 1.70 bits per heavy atom. The van der Waals surface area contributed by atoms with E-state index in [1.165, 1.54) is 19.3 Å². The molecule has 2 nitrogen and oxygen atoms in total. The van der Waals surface area contributed by atoms with Crippen LogP contribution in [0.3, 0.4) is 0 Å². The third kappa shape index (κ3) is 1.50. The van der Waals surface area contributed by atoms with Gasteiger partial charge in [-0.25, -0.2) is 0 Å². The third-order valence-corrected chi connectivity index (χ3v) is 2.74. The average molecular weight is 144 g/mol. The fraction of sp³-hybridized carbons (Fsp3) is 1.00. The number of hydrogen-bond donors (Lipinski definition) is 1. The molecular weight excluding hydrogens is 126 g/mol. The molecule has 1 rings (SSSR count). The smallest absolute Gasteiger partial charge is 0.187 e. The number of hydrogen-bond acceptors (Lipinski definition) is 1. The van der Waals surface area contributed by atoms with Crippen molar-refractivity contribution in [2.45, 2.75) is 32.4 Å². The molecule has 60 valence electrons. The van der Waals surface area contributed by atoms with Crippen LogP contribution in [-0.2, 0) is 0 Å². The SMILES string of the molecule is CC(O)[N+]1(C)CCCCC1. The van der Waals surface area contributed by atoms with Crippen LogP contribution >= 0.6 is 0 Å². The zero-order valence-electron chi connectivity index (χ0n) is 7.01. The molecule has 1 heterocycles. The number of nitrogens with zero attached hydrogens (tertiary/aromatic N) is 1. The highest BCUT2D eigenvalue weighted by Crippen LogP contribution is 2.18. The van der Waals surface area contributed by atoms with Crippen molar-refractivity contribution in [1.82, 2.24) is 0 Å². The quantitative estimate of drug-likeness (QED) is 0.543. The van der Waals surface area contributed by atoms with Gasteiger partial charge >= 0.3 is 0 Å². The van der Waals surface area contributed by atoms with Gasteiger partial charge in [-0.05, 0) is 19.3 Å². The number of aliphatic hydroxyl groups is 1. The van der Waals surface area contributed by atoms with Gasteiger partial charge in [-0.2, -0.15) is 0 Å². The maximum atomic E-state index is 9.41. The van der Waals surface area contributed by atoms with Crippen molar-refractivity contribution in [3.8, 4) is 0 Å². The molecule has 0 bridgehead atoms. The minimum absolute atomic E-state index is 0.180. The minimum atomic E-state index is -0.180. The monoisotopic (exact) mass is 144 g/mol. The van der Waals surface area contributed by atoms with Gasteiger partial charge in [0, 0.05) is 6.92 Å². The second-order valence-corrected chi connectivity index (χ2v) is 3.62. The average Bonchev–Trinajstić information content (AvgIpc) is 1.89. The van der Waals surface area contributed by atoms with Crippen LogP contribution in [0.15, 0.2) is 0 Å². The topological polar surface area (TPSA) is 20.2 Å². The van der Waals surface area contributed by atoms with Gasteiger partial charge in [0.2, 0.25) is 0 Å². The summed E-state index contributed by atoms with van der Waals surface area (Å²) in [6.45, 7) is 4.20. The van der Waals surface area contributed by atoms with Crippen molar-refractivity contribution in [3.63, 3.8) is 0 Å². The molecule has 10 heavy (non-hydrogen) atoms. The lowest BCUT2D eigenvalue weighted by atomic mass is 10.1. The second kappa shape index (κ2) is 2.89. The molecule has 2 heteroatoms. The van der Waals surface area contributed by atoms with Crippen molar-refractivity contribution in [2.75, 3.05) is 20.1 Å². The van der Waals surface area contributed by atoms with Crippen LogP contribution in [0.4, 0.5) is 0 Å². The van der Waals surface area contributed by atoms with Crippen molar-refractivity contribution in [3.05, 3.63) is 0 Å². The molecule has 0 spiro atoms. The zero-order valence-corrected chi connectivity index (χ0v) is 7.01. The summed E-state index contributed by atoms with van der Waals surface area (Å²) in [5, 5.41) is 9.41. The van der Waals surface area contributed by atoms with Crippen LogP contribution < -0.4 is 0 Å². The summed E-state index contributed by atoms with van der Waals surface area (Å²) < 4.78 is 0.861. The molecule has 1 aliphatic rings. The van der Waals surface area contributed by atoms with Gasteiger partial charge in [0.05, 0.1) is 20.1 Å². The van der Waals surface area contributed by atoms with Crippen LogP contribution in [0.2, 0.25) is 0 Å². The van der Waals surface area contributed by atoms with Crippen LogP contribution in [0.1, 0.15) is 26.2 Å². The molecular formula is C8H18NO+. The number of quaternary nitrogens is 1. The van der Waals surface area contributed by atoms with Crippen molar-refractivity contribution in [2.24, 2.45) is 0 Å². The Labute approximate surface area is 63.1 Å². The van der Waals surface area contributed by atoms with E-state index in [9.17, 15) is 5.11 Å². The highest BCUT2D eigenvalue weighted by molar-refractivity contribution is 4.51. The van der Waals surface area contributed by atoms with Gasteiger partial charge in [0.1, 0.15) is 0 Å². The maximum absolute atomic E-state index is 9.41. The molecule has 0 radical (unpaired) electrons. The molecule has 1 atom stereocenters. The van der Waals surface area contributed by atoms with Crippen molar-refractivity contribution < 1.29 is 9.59 Å². The van der Waals surface area contributed by atoms with E-state index in [-0.39, 0.29) is 6.23 Å². The first-order valence-corrected chi connectivity index (χ1v) is 4.17. The van der Waals surface area contributed by atoms with E-state index in [0.717, 1.165) is 17.6 Å². The summed E-state index contributed by atoms with van der Waals surface area (Å²) >= 11 is 0. The van der Waals surface area contributed by atoms with E-state index in [4.69, 9.17) is 0 Å². The standard InChI is InChI=1S/C8H18NO/c1-8(10)9(2)6-4-3-5-7-9/h8,10H,3-7H2,1-2H3/q+1. The Kier molecular flexibility index (Phi) is 2.32. The Bertz CT molecular complexity index is 106. The van der Waals surface area contributed by atoms with Crippen molar-refractivity contribution in [1.29, 1.82) is 0 Å².